The van der Waals surface area contributed by atoms with Crippen LogP contribution in [0.15, 0.2) is 4.99 Å². The van der Waals surface area contributed by atoms with E-state index in [1.165, 1.54) is 6.42 Å². The molecule has 1 saturated carbocycles. The standard InChI is InChI=1S/C19H36N4O3/c1-18(2)15(14-6-5-9-26-16(14)18)22-17(20-4)21-12-19(3,24)13-23-7-10-25-11-8-23/h14-16,24H,5-13H2,1-4H3,(H2,20,21,22). The first-order chi connectivity index (χ1) is 12.3. The van der Waals surface area contributed by atoms with Gasteiger partial charge < -0.3 is 25.2 Å². The van der Waals surface area contributed by atoms with E-state index < -0.39 is 5.60 Å². The molecule has 150 valence electrons. The van der Waals surface area contributed by atoms with Crippen LogP contribution in [0.2, 0.25) is 0 Å². The summed E-state index contributed by atoms with van der Waals surface area (Å²) in [5, 5.41) is 17.7. The smallest absolute Gasteiger partial charge is 0.191 e. The lowest BCUT2D eigenvalue weighted by molar-refractivity contribution is -0.188. The fourth-order valence-electron chi connectivity index (χ4n) is 4.73. The number of hydrogen-bond donors (Lipinski definition) is 3. The maximum absolute atomic E-state index is 10.8. The first-order valence-corrected chi connectivity index (χ1v) is 9.95. The van der Waals surface area contributed by atoms with Crippen LogP contribution in [0.5, 0.6) is 0 Å². The van der Waals surface area contributed by atoms with Crippen LogP contribution in [0.3, 0.4) is 0 Å². The van der Waals surface area contributed by atoms with Gasteiger partial charge in [-0.25, -0.2) is 0 Å². The Morgan fingerprint density at radius 2 is 2.04 bits per heavy atom. The van der Waals surface area contributed by atoms with E-state index in [1.54, 1.807) is 7.05 Å². The van der Waals surface area contributed by atoms with Gasteiger partial charge in [-0.05, 0) is 19.8 Å². The molecule has 7 nitrogen and oxygen atoms in total. The Morgan fingerprint density at radius 3 is 2.73 bits per heavy atom. The maximum Gasteiger partial charge on any atom is 0.191 e. The third kappa shape index (κ3) is 4.32. The number of aliphatic imine (C=N–C) groups is 1. The fraction of sp³-hybridized carbons (Fsp3) is 0.947. The molecule has 4 unspecified atom stereocenters. The molecule has 0 aromatic rings. The van der Waals surface area contributed by atoms with Crippen molar-refractivity contribution >= 4 is 5.96 Å². The summed E-state index contributed by atoms with van der Waals surface area (Å²) in [6.45, 7) is 11.6. The molecule has 3 rings (SSSR count). The van der Waals surface area contributed by atoms with Gasteiger partial charge >= 0.3 is 0 Å². The van der Waals surface area contributed by atoms with Crippen molar-refractivity contribution in [3.8, 4) is 0 Å². The number of guanidine groups is 1. The Morgan fingerprint density at radius 1 is 1.31 bits per heavy atom. The Balaban J connectivity index is 1.50. The molecule has 2 heterocycles. The van der Waals surface area contributed by atoms with Crippen molar-refractivity contribution in [2.45, 2.75) is 51.4 Å². The summed E-state index contributed by atoms with van der Waals surface area (Å²) in [6, 6.07) is 0.350. The van der Waals surface area contributed by atoms with E-state index in [1.807, 2.05) is 6.92 Å². The van der Waals surface area contributed by atoms with Crippen LogP contribution in [-0.2, 0) is 9.47 Å². The minimum atomic E-state index is -0.819. The zero-order chi connectivity index (χ0) is 18.8. The zero-order valence-corrected chi connectivity index (χ0v) is 16.8. The van der Waals surface area contributed by atoms with E-state index in [9.17, 15) is 5.11 Å². The van der Waals surface area contributed by atoms with Crippen LogP contribution >= 0.6 is 0 Å². The van der Waals surface area contributed by atoms with E-state index >= 15 is 0 Å². The van der Waals surface area contributed by atoms with E-state index in [4.69, 9.17) is 9.47 Å². The number of rotatable bonds is 5. The van der Waals surface area contributed by atoms with Gasteiger partial charge in [0, 0.05) is 57.2 Å². The molecule has 0 aromatic carbocycles. The summed E-state index contributed by atoms with van der Waals surface area (Å²) in [6.07, 6.45) is 2.68. The third-order valence-electron chi connectivity index (χ3n) is 6.15. The highest BCUT2D eigenvalue weighted by Gasteiger charge is 2.58. The molecule has 0 aromatic heterocycles. The molecule has 2 aliphatic heterocycles. The van der Waals surface area contributed by atoms with Crippen molar-refractivity contribution in [1.82, 2.24) is 15.5 Å². The molecule has 26 heavy (non-hydrogen) atoms. The van der Waals surface area contributed by atoms with Crippen molar-refractivity contribution in [3.05, 3.63) is 0 Å². The number of nitrogens with zero attached hydrogens (tertiary/aromatic N) is 2. The molecular formula is C19H36N4O3. The van der Waals surface area contributed by atoms with Crippen molar-refractivity contribution in [2.75, 3.05) is 53.0 Å². The number of β-amino-alcohol motifs (C(OH)–C–C–N with tert-alkyl or cyclic N) is 1. The minimum Gasteiger partial charge on any atom is -0.387 e. The summed E-state index contributed by atoms with van der Waals surface area (Å²) in [5.41, 5.74) is -0.723. The highest BCUT2D eigenvalue weighted by atomic mass is 16.5. The number of fused-ring (bicyclic) bond motifs is 1. The molecule has 3 fully saturated rings. The summed E-state index contributed by atoms with van der Waals surface area (Å²) >= 11 is 0. The van der Waals surface area contributed by atoms with Crippen LogP contribution < -0.4 is 10.6 Å². The lowest BCUT2D eigenvalue weighted by Gasteiger charge is -2.60. The van der Waals surface area contributed by atoms with Gasteiger partial charge in [0.2, 0.25) is 0 Å². The van der Waals surface area contributed by atoms with Gasteiger partial charge in [0.05, 0.1) is 24.9 Å². The van der Waals surface area contributed by atoms with Crippen LogP contribution in [-0.4, -0.2) is 86.8 Å². The lowest BCUT2D eigenvalue weighted by atomic mass is 9.55. The van der Waals surface area contributed by atoms with Crippen LogP contribution in [0.1, 0.15) is 33.6 Å². The van der Waals surface area contributed by atoms with Crippen molar-refractivity contribution in [2.24, 2.45) is 16.3 Å². The Kier molecular flexibility index (Phi) is 6.11. The average Bonchev–Trinajstić information content (AvgIpc) is 2.62. The SMILES string of the molecule is CN=C(NCC(C)(O)CN1CCOCC1)NC1C2CCCOC2C1(C)C. The Hall–Kier alpha value is -0.890. The molecule has 0 spiro atoms. The number of ether oxygens (including phenoxy) is 2. The lowest BCUT2D eigenvalue weighted by Crippen LogP contribution is -2.71. The molecule has 1 aliphatic carbocycles. The van der Waals surface area contributed by atoms with Crippen LogP contribution in [0.25, 0.3) is 0 Å². The van der Waals surface area contributed by atoms with E-state index in [-0.39, 0.29) is 5.41 Å². The minimum absolute atomic E-state index is 0.0963. The molecule has 4 atom stereocenters. The maximum atomic E-state index is 10.8. The largest absolute Gasteiger partial charge is 0.387 e. The fourth-order valence-corrected chi connectivity index (χ4v) is 4.73. The highest BCUT2D eigenvalue weighted by Crippen LogP contribution is 2.51. The summed E-state index contributed by atoms with van der Waals surface area (Å²) in [4.78, 5) is 6.62. The quantitative estimate of drug-likeness (QED) is 0.483. The van der Waals surface area contributed by atoms with Crippen LogP contribution in [0, 0.1) is 11.3 Å². The summed E-state index contributed by atoms with van der Waals surface area (Å²) in [7, 11) is 1.78. The van der Waals surface area contributed by atoms with Crippen molar-refractivity contribution in [3.63, 3.8) is 0 Å². The van der Waals surface area contributed by atoms with Gasteiger partial charge in [0.25, 0.3) is 0 Å². The zero-order valence-electron chi connectivity index (χ0n) is 16.8. The molecule has 0 bridgehead atoms. The first kappa shape index (κ1) is 19.9. The van der Waals surface area contributed by atoms with Gasteiger partial charge in [0.15, 0.2) is 5.96 Å². The molecule has 2 saturated heterocycles. The highest BCUT2D eigenvalue weighted by molar-refractivity contribution is 5.80. The molecule has 3 aliphatic rings. The molecule has 0 amide bonds. The van der Waals surface area contributed by atoms with Gasteiger partial charge in [-0.3, -0.25) is 9.89 Å². The normalized spacial score (nSPS) is 34.3. The van der Waals surface area contributed by atoms with Crippen LogP contribution in [0.4, 0.5) is 0 Å². The second kappa shape index (κ2) is 8.00. The molecule has 7 heteroatoms. The third-order valence-corrected chi connectivity index (χ3v) is 6.15. The molecule has 3 N–H and O–H groups in total. The summed E-state index contributed by atoms with van der Waals surface area (Å²) in [5.74, 6) is 1.31. The van der Waals surface area contributed by atoms with Gasteiger partial charge in [-0.15, -0.1) is 0 Å². The monoisotopic (exact) mass is 368 g/mol. The van der Waals surface area contributed by atoms with Gasteiger partial charge in [-0.1, -0.05) is 13.8 Å². The Bertz CT molecular complexity index is 503. The van der Waals surface area contributed by atoms with E-state index in [2.05, 4.69) is 34.4 Å². The second-order valence-electron chi connectivity index (χ2n) is 8.85. The average molecular weight is 369 g/mol. The topological polar surface area (TPSA) is 78.4 Å². The van der Waals surface area contributed by atoms with Gasteiger partial charge in [0.1, 0.15) is 0 Å². The number of morpholine rings is 1. The predicted molar refractivity (Wildman–Crippen MR) is 102 cm³/mol. The molecular weight excluding hydrogens is 332 g/mol. The van der Waals surface area contributed by atoms with Crippen molar-refractivity contribution in [1.29, 1.82) is 0 Å². The first-order valence-electron chi connectivity index (χ1n) is 9.95. The number of aliphatic hydroxyl groups is 1. The van der Waals surface area contributed by atoms with E-state index in [0.29, 0.717) is 31.2 Å². The molecule has 0 radical (unpaired) electrons. The number of nitrogens with one attached hydrogen (secondary N) is 2. The van der Waals surface area contributed by atoms with Gasteiger partial charge in [-0.2, -0.15) is 0 Å². The Labute approximate surface area is 157 Å². The predicted octanol–water partition coefficient (Wildman–Crippen LogP) is 0.438. The number of hydrogen-bond acceptors (Lipinski definition) is 5. The second-order valence-corrected chi connectivity index (χ2v) is 8.85. The summed E-state index contributed by atoms with van der Waals surface area (Å²) < 4.78 is 11.4. The van der Waals surface area contributed by atoms with Crippen molar-refractivity contribution < 1.29 is 14.6 Å². The van der Waals surface area contributed by atoms with E-state index in [0.717, 1.165) is 45.3 Å².